The largest absolute Gasteiger partial charge is 0.497 e. The SMILES string of the molecule is COc1cccc(C(=O)N2CCC(OCCc3noc(C4CC4)n3)CC2)c1. The lowest BCUT2D eigenvalue weighted by atomic mass is 10.1. The normalized spacial score (nSPS) is 17.9. The number of methoxy groups -OCH3 is 1. The lowest BCUT2D eigenvalue weighted by molar-refractivity contribution is 0.00946. The molecule has 1 saturated heterocycles. The van der Waals surface area contributed by atoms with Crippen molar-refractivity contribution in [3.63, 3.8) is 0 Å². The molecule has 7 nitrogen and oxygen atoms in total. The van der Waals surface area contributed by atoms with E-state index in [1.165, 1.54) is 0 Å². The fourth-order valence-corrected chi connectivity index (χ4v) is 3.35. The average molecular weight is 371 g/mol. The number of likely N-dealkylation sites (tertiary alicyclic amines) is 1. The lowest BCUT2D eigenvalue weighted by Crippen LogP contribution is -2.41. The molecule has 0 bridgehead atoms. The van der Waals surface area contributed by atoms with Gasteiger partial charge in [0.2, 0.25) is 5.89 Å². The van der Waals surface area contributed by atoms with Crippen LogP contribution in [0.1, 0.15) is 53.7 Å². The quantitative estimate of drug-likeness (QED) is 0.745. The minimum Gasteiger partial charge on any atom is -0.497 e. The summed E-state index contributed by atoms with van der Waals surface area (Å²) in [6.45, 7) is 1.99. The molecule has 1 aliphatic heterocycles. The summed E-state index contributed by atoms with van der Waals surface area (Å²) < 4.78 is 16.4. The first-order valence-corrected chi connectivity index (χ1v) is 9.60. The molecule has 0 radical (unpaired) electrons. The van der Waals surface area contributed by atoms with Gasteiger partial charge in [0.25, 0.3) is 5.91 Å². The fourth-order valence-electron chi connectivity index (χ4n) is 3.35. The van der Waals surface area contributed by atoms with Crippen LogP contribution in [0.5, 0.6) is 5.75 Å². The number of benzene rings is 1. The van der Waals surface area contributed by atoms with E-state index < -0.39 is 0 Å². The van der Waals surface area contributed by atoms with E-state index >= 15 is 0 Å². The number of rotatable bonds is 7. The summed E-state index contributed by atoms with van der Waals surface area (Å²) in [6, 6.07) is 7.29. The van der Waals surface area contributed by atoms with Crippen molar-refractivity contribution in [2.45, 2.75) is 44.1 Å². The van der Waals surface area contributed by atoms with Gasteiger partial charge in [0.15, 0.2) is 5.82 Å². The Morgan fingerprint density at radius 3 is 2.81 bits per heavy atom. The average Bonchev–Trinajstić information content (AvgIpc) is 3.47. The third kappa shape index (κ3) is 4.47. The van der Waals surface area contributed by atoms with Gasteiger partial charge in [0.1, 0.15) is 5.75 Å². The number of nitrogens with zero attached hydrogens (tertiary/aromatic N) is 3. The number of amides is 1. The highest BCUT2D eigenvalue weighted by molar-refractivity contribution is 5.94. The Hall–Kier alpha value is -2.41. The van der Waals surface area contributed by atoms with E-state index in [9.17, 15) is 4.79 Å². The topological polar surface area (TPSA) is 77.7 Å². The molecule has 0 atom stereocenters. The standard InChI is InChI=1S/C20H25N3O4/c1-25-17-4-2-3-15(13-17)20(24)23-10-7-16(8-11-23)26-12-9-18-21-19(27-22-18)14-5-6-14/h2-4,13-14,16H,5-12H2,1H3. The van der Waals surface area contributed by atoms with E-state index in [0.717, 1.165) is 37.4 Å². The highest BCUT2D eigenvalue weighted by Crippen LogP contribution is 2.38. The van der Waals surface area contributed by atoms with E-state index in [2.05, 4.69) is 10.1 Å². The predicted molar refractivity (Wildman–Crippen MR) is 97.8 cm³/mol. The molecule has 2 aromatic rings. The van der Waals surface area contributed by atoms with E-state index in [4.69, 9.17) is 14.0 Å². The maximum Gasteiger partial charge on any atom is 0.253 e. The molecule has 1 aromatic carbocycles. The third-order valence-corrected chi connectivity index (χ3v) is 5.14. The second kappa shape index (κ2) is 8.08. The maximum absolute atomic E-state index is 12.6. The Labute approximate surface area is 158 Å². The molecular formula is C20H25N3O4. The molecular weight excluding hydrogens is 346 g/mol. The monoisotopic (exact) mass is 371 g/mol. The van der Waals surface area contributed by atoms with Crippen LogP contribution >= 0.6 is 0 Å². The molecule has 1 aliphatic carbocycles. The number of ether oxygens (including phenoxy) is 2. The second-order valence-electron chi connectivity index (χ2n) is 7.17. The Morgan fingerprint density at radius 1 is 1.26 bits per heavy atom. The second-order valence-corrected chi connectivity index (χ2v) is 7.17. The van der Waals surface area contributed by atoms with Gasteiger partial charge in [-0.15, -0.1) is 0 Å². The van der Waals surface area contributed by atoms with Crippen molar-refractivity contribution in [1.29, 1.82) is 0 Å². The lowest BCUT2D eigenvalue weighted by Gasteiger charge is -2.32. The first-order valence-electron chi connectivity index (χ1n) is 9.60. The Kier molecular flexibility index (Phi) is 5.38. The minimum absolute atomic E-state index is 0.0479. The summed E-state index contributed by atoms with van der Waals surface area (Å²) in [5.41, 5.74) is 0.664. The van der Waals surface area contributed by atoms with Crippen LogP contribution in [0.4, 0.5) is 0 Å². The molecule has 1 aromatic heterocycles. The zero-order valence-electron chi connectivity index (χ0n) is 15.6. The van der Waals surface area contributed by atoms with Gasteiger partial charge in [0, 0.05) is 31.0 Å². The molecule has 0 N–H and O–H groups in total. The number of hydrogen-bond donors (Lipinski definition) is 0. The van der Waals surface area contributed by atoms with Gasteiger partial charge in [-0.05, 0) is 43.9 Å². The summed E-state index contributed by atoms with van der Waals surface area (Å²) in [6.07, 6.45) is 4.84. The van der Waals surface area contributed by atoms with Gasteiger partial charge in [-0.3, -0.25) is 4.79 Å². The van der Waals surface area contributed by atoms with Gasteiger partial charge in [0.05, 0.1) is 19.8 Å². The molecule has 2 fully saturated rings. The van der Waals surface area contributed by atoms with Crippen LogP contribution < -0.4 is 4.74 Å². The van der Waals surface area contributed by atoms with E-state index in [1.54, 1.807) is 13.2 Å². The molecule has 1 amide bonds. The van der Waals surface area contributed by atoms with Crippen LogP contribution in [0, 0.1) is 0 Å². The highest BCUT2D eigenvalue weighted by atomic mass is 16.5. The smallest absolute Gasteiger partial charge is 0.253 e. The van der Waals surface area contributed by atoms with Crippen LogP contribution in [0.3, 0.4) is 0 Å². The number of carbonyl (C=O) groups excluding carboxylic acids is 1. The molecule has 0 unspecified atom stereocenters. The molecule has 144 valence electrons. The minimum atomic E-state index is 0.0479. The molecule has 7 heteroatoms. The first kappa shape index (κ1) is 18.0. The Morgan fingerprint density at radius 2 is 2.07 bits per heavy atom. The Balaban J connectivity index is 1.20. The molecule has 2 heterocycles. The number of hydrogen-bond acceptors (Lipinski definition) is 6. The van der Waals surface area contributed by atoms with Gasteiger partial charge in [-0.2, -0.15) is 4.98 Å². The molecule has 4 rings (SSSR count). The fraction of sp³-hybridized carbons (Fsp3) is 0.550. The summed E-state index contributed by atoms with van der Waals surface area (Å²) in [7, 11) is 1.60. The third-order valence-electron chi connectivity index (χ3n) is 5.14. The number of carbonyl (C=O) groups is 1. The van der Waals surface area contributed by atoms with E-state index in [0.29, 0.717) is 43.3 Å². The van der Waals surface area contributed by atoms with Crippen LogP contribution in [-0.2, 0) is 11.2 Å². The first-order chi connectivity index (χ1) is 13.2. The number of aromatic nitrogens is 2. The van der Waals surface area contributed by atoms with Crippen molar-refractivity contribution in [3.05, 3.63) is 41.5 Å². The van der Waals surface area contributed by atoms with Crippen molar-refractivity contribution < 1.29 is 18.8 Å². The van der Waals surface area contributed by atoms with Crippen LogP contribution in [0.15, 0.2) is 28.8 Å². The Bertz CT molecular complexity index is 779. The van der Waals surface area contributed by atoms with E-state index in [-0.39, 0.29) is 12.0 Å². The van der Waals surface area contributed by atoms with Crippen LogP contribution in [-0.4, -0.2) is 53.9 Å². The van der Waals surface area contributed by atoms with Crippen LogP contribution in [0.25, 0.3) is 0 Å². The van der Waals surface area contributed by atoms with Gasteiger partial charge in [-0.25, -0.2) is 0 Å². The van der Waals surface area contributed by atoms with Crippen LogP contribution in [0.2, 0.25) is 0 Å². The maximum atomic E-state index is 12.6. The predicted octanol–water partition coefficient (Wildman–Crippen LogP) is 2.82. The van der Waals surface area contributed by atoms with Crippen molar-refractivity contribution in [3.8, 4) is 5.75 Å². The molecule has 2 aliphatic rings. The van der Waals surface area contributed by atoms with Crippen molar-refractivity contribution >= 4 is 5.91 Å². The highest BCUT2D eigenvalue weighted by Gasteiger charge is 2.29. The summed E-state index contributed by atoms with van der Waals surface area (Å²) in [4.78, 5) is 18.9. The van der Waals surface area contributed by atoms with Gasteiger partial charge < -0.3 is 18.9 Å². The number of piperidine rings is 1. The molecule has 1 saturated carbocycles. The van der Waals surface area contributed by atoms with Gasteiger partial charge in [-0.1, -0.05) is 11.2 Å². The van der Waals surface area contributed by atoms with Crippen molar-refractivity contribution in [1.82, 2.24) is 15.0 Å². The zero-order valence-corrected chi connectivity index (χ0v) is 15.6. The van der Waals surface area contributed by atoms with Crippen molar-refractivity contribution in [2.75, 3.05) is 26.8 Å². The summed E-state index contributed by atoms with van der Waals surface area (Å²) >= 11 is 0. The zero-order chi connectivity index (χ0) is 18.6. The molecule has 27 heavy (non-hydrogen) atoms. The molecule has 0 spiro atoms. The van der Waals surface area contributed by atoms with Crippen molar-refractivity contribution in [2.24, 2.45) is 0 Å². The van der Waals surface area contributed by atoms with Gasteiger partial charge >= 0.3 is 0 Å². The van der Waals surface area contributed by atoms with E-state index in [1.807, 2.05) is 23.1 Å². The summed E-state index contributed by atoms with van der Waals surface area (Å²) in [5.74, 6) is 2.73. The summed E-state index contributed by atoms with van der Waals surface area (Å²) in [5, 5.41) is 4.01.